The van der Waals surface area contributed by atoms with E-state index in [2.05, 4.69) is 10.3 Å². The van der Waals surface area contributed by atoms with Crippen LogP contribution < -0.4 is 10.1 Å². The van der Waals surface area contributed by atoms with Crippen LogP contribution >= 0.6 is 0 Å². The number of nitrogens with zero attached hydrogens (tertiary/aromatic N) is 2. The Morgan fingerprint density at radius 3 is 2.88 bits per heavy atom. The number of aromatic nitrogens is 1. The van der Waals surface area contributed by atoms with E-state index >= 15 is 0 Å². The number of sulfonamides is 1. The molecule has 0 radical (unpaired) electrons. The van der Waals surface area contributed by atoms with Gasteiger partial charge in [-0.2, -0.15) is 0 Å². The summed E-state index contributed by atoms with van der Waals surface area (Å²) < 4.78 is 35.2. The quantitative estimate of drug-likeness (QED) is 0.741. The van der Waals surface area contributed by atoms with Crippen molar-refractivity contribution in [3.63, 3.8) is 0 Å². The van der Waals surface area contributed by atoms with Crippen molar-refractivity contribution in [2.75, 3.05) is 33.1 Å². The van der Waals surface area contributed by atoms with Crippen molar-refractivity contribution in [3.8, 4) is 5.75 Å². The van der Waals surface area contributed by atoms with Gasteiger partial charge in [0.1, 0.15) is 11.9 Å². The van der Waals surface area contributed by atoms with Crippen LogP contribution in [-0.4, -0.2) is 68.8 Å². The zero-order valence-electron chi connectivity index (χ0n) is 14.8. The van der Waals surface area contributed by atoms with Crippen molar-refractivity contribution < 1.29 is 22.7 Å². The Morgan fingerprint density at radius 2 is 2.24 bits per heavy atom. The largest absolute Gasteiger partial charge is 0.484 e. The first-order chi connectivity index (χ1) is 11.8. The Balaban J connectivity index is 1.89. The van der Waals surface area contributed by atoms with E-state index in [0.29, 0.717) is 25.4 Å². The summed E-state index contributed by atoms with van der Waals surface area (Å²) in [5.74, 6) is 0.412. The third-order valence-electron chi connectivity index (χ3n) is 4.04. The van der Waals surface area contributed by atoms with Crippen molar-refractivity contribution in [2.45, 2.75) is 31.9 Å². The summed E-state index contributed by atoms with van der Waals surface area (Å²) in [6, 6.07) is 3.50. The molecule has 25 heavy (non-hydrogen) atoms. The molecule has 0 bridgehead atoms. The van der Waals surface area contributed by atoms with Crippen LogP contribution in [-0.2, 0) is 19.6 Å². The second kappa shape index (κ2) is 8.59. The molecule has 1 aliphatic rings. The first-order valence-electron chi connectivity index (χ1n) is 8.13. The van der Waals surface area contributed by atoms with Crippen LogP contribution in [0.1, 0.15) is 18.5 Å². The summed E-state index contributed by atoms with van der Waals surface area (Å²) in [5.41, 5.74) is 0.895. The highest BCUT2D eigenvalue weighted by Gasteiger charge is 2.29. The number of carbonyl (C=O) groups excluding carboxylic acids is 1. The number of nitrogens with one attached hydrogen (secondary N) is 1. The van der Waals surface area contributed by atoms with E-state index in [-0.39, 0.29) is 31.0 Å². The average molecular weight is 371 g/mol. The van der Waals surface area contributed by atoms with Crippen molar-refractivity contribution in [3.05, 3.63) is 24.0 Å². The molecule has 0 saturated carbocycles. The van der Waals surface area contributed by atoms with E-state index in [1.807, 2.05) is 19.1 Å². The third-order valence-corrected chi connectivity index (χ3v) is 5.36. The molecule has 1 aromatic heterocycles. The van der Waals surface area contributed by atoms with Crippen molar-refractivity contribution >= 4 is 15.9 Å². The molecule has 8 nitrogen and oxygen atoms in total. The van der Waals surface area contributed by atoms with Crippen molar-refractivity contribution in [1.29, 1.82) is 0 Å². The van der Waals surface area contributed by atoms with Gasteiger partial charge in [-0.05, 0) is 25.5 Å². The fourth-order valence-corrected chi connectivity index (χ4v) is 2.82. The lowest BCUT2D eigenvalue weighted by atomic mass is 10.1. The molecule has 140 valence electrons. The Hall–Kier alpha value is -1.71. The lowest BCUT2D eigenvalue weighted by Gasteiger charge is -2.32. The van der Waals surface area contributed by atoms with Gasteiger partial charge in [-0.25, -0.2) is 12.7 Å². The van der Waals surface area contributed by atoms with Crippen LogP contribution in [0.15, 0.2) is 18.3 Å². The lowest BCUT2D eigenvalue weighted by Crippen LogP contribution is -2.51. The number of pyridine rings is 1. The molecule has 1 aromatic rings. The maximum atomic E-state index is 12.1. The van der Waals surface area contributed by atoms with E-state index in [4.69, 9.17) is 9.47 Å². The number of hydrogen-bond acceptors (Lipinski definition) is 6. The van der Waals surface area contributed by atoms with Crippen LogP contribution in [0.2, 0.25) is 0 Å². The number of rotatable bonds is 7. The van der Waals surface area contributed by atoms with Gasteiger partial charge in [0, 0.05) is 32.3 Å². The van der Waals surface area contributed by atoms with Crippen LogP contribution in [0.5, 0.6) is 5.75 Å². The summed E-state index contributed by atoms with van der Waals surface area (Å²) >= 11 is 0. The van der Waals surface area contributed by atoms with Gasteiger partial charge in [-0.3, -0.25) is 9.78 Å². The summed E-state index contributed by atoms with van der Waals surface area (Å²) in [6.07, 6.45) is 3.18. The molecule has 2 rings (SSSR count). The summed E-state index contributed by atoms with van der Waals surface area (Å²) in [4.78, 5) is 16.3. The Labute approximate surface area is 148 Å². The fourth-order valence-electron chi connectivity index (χ4n) is 2.40. The molecule has 0 unspecified atom stereocenters. The molecule has 2 atom stereocenters. The molecule has 0 aromatic carbocycles. The summed E-state index contributed by atoms with van der Waals surface area (Å²) in [5, 5.41) is 2.92. The van der Waals surface area contributed by atoms with Gasteiger partial charge in [0.25, 0.3) is 0 Å². The van der Waals surface area contributed by atoms with Crippen LogP contribution in [0, 0.1) is 6.92 Å². The first kappa shape index (κ1) is 19.6. The van der Waals surface area contributed by atoms with E-state index in [1.165, 1.54) is 7.05 Å². The van der Waals surface area contributed by atoms with E-state index in [1.54, 1.807) is 6.20 Å². The normalized spacial score (nSPS) is 21.1. The molecule has 0 spiro atoms. The molecular weight excluding hydrogens is 346 g/mol. The Morgan fingerprint density at radius 1 is 1.48 bits per heavy atom. The number of ether oxygens (including phenoxy) is 2. The predicted octanol–water partition coefficient (Wildman–Crippen LogP) is 0.324. The zero-order chi connectivity index (χ0) is 18.4. The van der Waals surface area contributed by atoms with Gasteiger partial charge in [0.2, 0.25) is 15.9 Å². The molecule has 1 fully saturated rings. The minimum Gasteiger partial charge on any atom is -0.484 e. The Bertz CT molecular complexity index is 678. The molecule has 2 heterocycles. The maximum Gasteiger partial charge on any atom is 0.221 e. The van der Waals surface area contributed by atoms with Gasteiger partial charge >= 0.3 is 0 Å². The van der Waals surface area contributed by atoms with Crippen LogP contribution in [0.4, 0.5) is 0 Å². The lowest BCUT2D eigenvalue weighted by molar-refractivity contribution is -0.124. The molecular formula is C16H25N3O5S. The zero-order valence-corrected chi connectivity index (χ0v) is 15.6. The smallest absolute Gasteiger partial charge is 0.221 e. The van der Waals surface area contributed by atoms with Gasteiger partial charge < -0.3 is 14.8 Å². The predicted molar refractivity (Wildman–Crippen MR) is 92.8 cm³/mol. The van der Waals surface area contributed by atoms with Gasteiger partial charge in [0.05, 0.1) is 25.1 Å². The van der Waals surface area contributed by atoms with Gasteiger partial charge in [0.15, 0.2) is 0 Å². The van der Waals surface area contributed by atoms with Crippen LogP contribution in [0.25, 0.3) is 0 Å². The van der Waals surface area contributed by atoms with Crippen molar-refractivity contribution in [2.24, 2.45) is 0 Å². The highest BCUT2D eigenvalue weighted by molar-refractivity contribution is 7.88. The minimum atomic E-state index is -3.28. The molecule has 1 amide bonds. The standard InChI is InChI=1S/C16H25N3O5S/c1-12-4-5-13(10-17-12)24-15-11-23-9-7-14(15)18-16(20)6-8-19(2)25(3,21)22/h4-5,10,14-15H,6-9,11H2,1-3H3,(H,18,20)/t14-,15+/m1/s1. The topological polar surface area (TPSA) is 97.8 Å². The first-order valence-corrected chi connectivity index (χ1v) is 9.98. The van der Waals surface area contributed by atoms with Crippen LogP contribution in [0.3, 0.4) is 0 Å². The molecule has 0 aliphatic carbocycles. The molecule has 1 saturated heterocycles. The highest BCUT2D eigenvalue weighted by atomic mass is 32.2. The number of amides is 1. The number of aryl methyl sites for hydroxylation is 1. The maximum absolute atomic E-state index is 12.1. The number of carbonyl (C=O) groups is 1. The minimum absolute atomic E-state index is 0.0970. The molecule has 1 N–H and O–H groups in total. The monoisotopic (exact) mass is 371 g/mol. The average Bonchev–Trinajstić information content (AvgIpc) is 2.55. The SMILES string of the molecule is Cc1ccc(O[C@H]2COCC[C@H]2NC(=O)CCN(C)S(C)(=O)=O)cn1. The van der Waals surface area contributed by atoms with E-state index < -0.39 is 10.0 Å². The second-order valence-electron chi connectivity index (χ2n) is 6.16. The fraction of sp³-hybridized carbons (Fsp3) is 0.625. The molecule has 9 heteroatoms. The summed E-state index contributed by atoms with van der Waals surface area (Å²) in [6.45, 7) is 2.95. The van der Waals surface area contributed by atoms with E-state index in [9.17, 15) is 13.2 Å². The highest BCUT2D eigenvalue weighted by Crippen LogP contribution is 2.17. The summed E-state index contributed by atoms with van der Waals surface area (Å²) in [7, 11) is -1.83. The van der Waals surface area contributed by atoms with Gasteiger partial charge in [-0.15, -0.1) is 0 Å². The third kappa shape index (κ3) is 6.26. The molecule has 1 aliphatic heterocycles. The van der Waals surface area contributed by atoms with E-state index in [0.717, 1.165) is 16.3 Å². The number of hydrogen-bond donors (Lipinski definition) is 1. The van der Waals surface area contributed by atoms with Crippen molar-refractivity contribution in [1.82, 2.24) is 14.6 Å². The second-order valence-corrected chi connectivity index (χ2v) is 8.25. The van der Waals surface area contributed by atoms with Gasteiger partial charge in [-0.1, -0.05) is 0 Å². The Kier molecular flexibility index (Phi) is 6.74.